The lowest BCUT2D eigenvalue weighted by Gasteiger charge is -2.37. The van der Waals surface area contributed by atoms with Gasteiger partial charge in [-0.1, -0.05) is 18.2 Å². The van der Waals surface area contributed by atoms with Gasteiger partial charge in [0.25, 0.3) is 5.91 Å². The van der Waals surface area contributed by atoms with Crippen molar-refractivity contribution in [1.82, 2.24) is 14.7 Å². The highest BCUT2D eigenvalue weighted by Crippen LogP contribution is 2.32. The molecular weight excluding hydrogens is 382 g/mol. The summed E-state index contributed by atoms with van der Waals surface area (Å²) >= 11 is 0. The van der Waals surface area contributed by atoms with Gasteiger partial charge in [-0.05, 0) is 29.8 Å². The highest BCUT2D eigenvalue weighted by atomic mass is 16.7. The molecule has 3 aromatic rings. The smallest absolute Gasteiger partial charge is 0.253 e. The van der Waals surface area contributed by atoms with Gasteiger partial charge in [0.15, 0.2) is 5.79 Å². The maximum Gasteiger partial charge on any atom is 0.253 e. The third kappa shape index (κ3) is 3.55. The van der Waals surface area contributed by atoms with Crippen molar-refractivity contribution >= 4 is 16.8 Å². The number of hydrogen-bond donors (Lipinski definition) is 0. The first-order valence-corrected chi connectivity index (χ1v) is 10.3. The van der Waals surface area contributed by atoms with E-state index < -0.39 is 5.79 Å². The lowest BCUT2D eigenvalue weighted by Crippen LogP contribution is -2.47. The van der Waals surface area contributed by atoms with E-state index in [-0.39, 0.29) is 5.91 Å². The first-order valence-electron chi connectivity index (χ1n) is 10.3. The number of fused-ring (bicyclic) bond motifs is 1. The van der Waals surface area contributed by atoms with Gasteiger partial charge in [-0.25, -0.2) is 0 Å². The van der Waals surface area contributed by atoms with Crippen LogP contribution in [-0.4, -0.2) is 59.8 Å². The molecule has 0 aliphatic carbocycles. The van der Waals surface area contributed by atoms with Crippen LogP contribution in [0.2, 0.25) is 0 Å². The molecule has 0 saturated carbocycles. The van der Waals surface area contributed by atoms with Crippen molar-refractivity contribution in [3.05, 3.63) is 59.8 Å². The zero-order valence-corrected chi connectivity index (χ0v) is 17.0. The topological polar surface area (TPSA) is 65.8 Å². The Balaban J connectivity index is 1.35. The summed E-state index contributed by atoms with van der Waals surface area (Å²) in [6.07, 6.45) is 3.27. The largest absolute Gasteiger partial charge is 0.497 e. The number of piperidine rings is 1. The second-order valence-corrected chi connectivity index (χ2v) is 7.83. The molecule has 1 spiro atoms. The predicted octanol–water partition coefficient (Wildman–Crippen LogP) is 3.07. The third-order valence-corrected chi connectivity index (χ3v) is 5.98. The van der Waals surface area contributed by atoms with Gasteiger partial charge in [0.2, 0.25) is 0 Å². The van der Waals surface area contributed by atoms with E-state index in [1.165, 1.54) is 0 Å². The van der Waals surface area contributed by atoms with Crippen LogP contribution in [0.5, 0.6) is 5.75 Å². The van der Waals surface area contributed by atoms with Crippen molar-refractivity contribution < 1.29 is 19.0 Å². The summed E-state index contributed by atoms with van der Waals surface area (Å²) in [5.41, 5.74) is 2.72. The van der Waals surface area contributed by atoms with E-state index >= 15 is 0 Å². The lowest BCUT2D eigenvalue weighted by atomic mass is 10.0. The molecule has 0 radical (unpaired) electrons. The fourth-order valence-corrected chi connectivity index (χ4v) is 4.29. The van der Waals surface area contributed by atoms with Gasteiger partial charge >= 0.3 is 0 Å². The number of carbonyl (C=O) groups is 1. The molecule has 0 unspecified atom stereocenters. The number of ether oxygens (including phenoxy) is 3. The standard InChI is InChI=1S/C23H25N3O4/c1-28-20-4-2-3-17(13-20)16-26-21-14-18(5-6-19(21)15-24-26)22(27)25-9-7-23(8-10-25)29-11-12-30-23/h2-6,13-15H,7-12,16H2,1H3. The van der Waals surface area contributed by atoms with E-state index in [0.717, 1.165) is 35.1 Å². The molecule has 1 amide bonds. The molecule has 0 atom stereocenters. The molecular formula is C23H25N3O4. The van der Waals surface area contributed by atoms with Crippen LogP contribution >= 0.6 is 0 Å². The molecule has 7 nitrogen and oxygen atoms in total. The van der Waals surface area contributed by atoms with Crippen LogP contribution in [0, 0.1) is 0 Å². The first-order chi connectivity index (χ1) is 14.7. The van der Waals surface area contributed by atoms with Crippen LogP contribution in [0.1, 0.15) is 28.8 Å². The molecule has 7 heteroatoms. The molecule has 2 aliphatic heterocycles. The predicted molar refractivity (Wildman–Crippen MR) is 112 cm³/mol. The van der Waals surface area contributed by atoms with Gasteiger partial charge in [0, 0.05) is 36.9 Å². The Kier molecular flexibility index (Phi) is 4.92. The Morgan fingerprint density at radius 3 is 2.70 bits per heavy atom. The average molecular weight is 407 g/mol. The van der Waals surface area contributed by atoms with Gasteiger partial charge in [-0.15, -0.1) is 0 Å². The minimum Gasteiger partial charge on any atom is -0.497 e. The molecule has 30 heavy (non-hydrogen) atoms. The van der Waals surface area contributed by atoms with Crippen LogP contribution in [0.3, 0.4) is 0 Å². The summed E-state index contributed by atoms with van der Waals surface area (Å²) in [5.74, 6) is 0.382. The number of hydrogen-bond acceptors (Lipinski definition) is 5. The minimum absolute atomic E-state index is 0.0406. The normalized spacial score (nSPS) is 18.2. The van der Waals surface area contributed by atoms with Crippen molar-refractivity contribution in [2.75, 3.05) is 33.4 Å². The Morgan fingerprint density at radius 1 is 1.13 bits per heavy atom. The fourth-order valence-electron chi connectivity index (χ4n) is 4.29. The summed E-state index contributed by atoms with van der Waals surface area (Å²) in [6.45, 7) is 3.17. The quantitative estimate of drug-likeness (QED) is 0.665. The average Bonchev–Trinajstić information content (AvgIpc) is 3.41. The van der Waals surface area contributed by atoms with E-state index in [1.54, 1.807) is 7.11 Å². The highest BCUT2D eigenvalue weighted by Gasteiger charge is 2.40. The number of carbonyl (C=O) groups excluding carboxylic acids is 1. The molecule has 2 aromatic carbocycles. The van der Waals surface area contributed by atoms with E-state index in [1.807, 2.05) is 58.2 Å². The van der Waals surface area contributed by atoms with E-state index in [0.29, 0.717) is 38.4 Å². The Morgan fingerprint density at radius 2 is 1.93 bits per heavy atom. The number of aromatic nitrogens is 2. The maximum absolute atomic E-state index is 13.1. The summed E-state index contributed by atoms with van der Waals surface area (Å²) in [7, 11) is 1.66. The Labute approximate surface area is 175 Å². The molecule has 2 saturated heterocycles. The van der Waals surface area contributed by atoms with Crippen LogP contribution in [0.15, 0.2) is 48.7 Å². The fraction of sp³-hybridized carbons (Fsp3) is 0.391. The van der Waals surface area contributed by atoms with E-state index in [4.69, 9.17) is 14.2 Å². The van der Waals surface area contributed by atoms with Crippen LogP contribution < -0.4 is 4.74 Å². The van der Waals surface area contributed by atoms with Gasteiger partial charge in [0.05, 0.1) is 38.6 Å². The molecule has 2 aliphatic rings. The first kappa shape index (κ1) is 19.1. The molecule has 156 valence electrons. The van der Waals surface area contributed by atoms with Gasteiger partial charge in [-0.2, -0.15) is 5.10 Å². The molecule has 0 N–H and O–H groups in total. The zero-order chi connectivity index (χ0) is 20.6. The minimum atomic E-state index is -0.476. The van der Waals surface area contributed by atoms with E-state index in [9.17, 15) is 4.79 Å². The van der Waals surface area contributed by atoms with Gasteiger partial charge < -0.3 is 19.1 Å². The summed E-state index contributed by atoms with van der Waals surface area (Å²) < 4.78 is 18.8. The highest BCUT2D eigenvalue weighted by molar-refractivity contribution is 5.98. The number of nitrogens with zero attached hydrogens (tertiary/aromatic N) is 3. The Bertz CT molecular complexity index is 1060. The summed E-state index contributed by atoms with van der Waals surface area (Å²) in [6, 6.07) is 13.7. The number of rotatable bonds is 4. The van der Waals surface area contributed by atoms with Crippen molar-refractivity contribution in [1.29, 1.82) is 0 Å². The van der Waals surface area contributed by atoms with Crippen molar-refractivity contribution in [2.24, 2.45) is 0 Å². The number of likely N-dealkylation sites (tertiary alicyclic amines) is 1. The SMILES string of the molecule is COc1cccc(Cn2ncc3ccc(C(=O)N4CCC5(CC4)OCCO5)cc32)c1. The number of amides is 1. The molecule has 1 aromatic heterocycles. The van der Waals surface area contributed by atoms with E-state index in [2.05, 4.69) is 5.10 Å². The lowest BCUT2D eigenvalue weighted by molar-refractivity contribution is -0.181. The Hall–Kier alpha value is -2.90. The van der Waals surface area contributed by atoms with Crippen molar-refractivity contribution in [3.63, 3.8) is 0 Å². The van der Waals surface area contributed by atoms with Crippen molar-refractivity contribution in [2.45, 2.75) is 25.2 Å². The molecule has 2 fully saturated rings. The second-order valence-electron chi connectivity index (χ2n) is 7.83. The molecule has 5 rings (SSSR count). The van der Waals surface area contributed by atoms with Crippen LogP contribution in [0.25, 0.3) is 10.9 Å². The second kappa shape index (κ2) is 7.74. The van der Waals surface area contributed by atoms with Crippen molar-refractivity contribution in [3.8, 4) is 5.75 Å². The molecule has 3 heterocycles. The monoisotopic (exact) mass is 407 g/mol. The van der Waals surface area contributed by atoms with Crippen LogP contribution in [0.4, 0.5) is 0 Å². The zero-order valence-electron chi connectivity index (χ0n) is 17.0. The molecule has 0 bridgehead atoms. The third-order valence-electron chi connectivity index (χ3n) is 5.98. The van der Waals surface area contributed by atoms with Gasteiger partial charge in [0.1, 0.15) is 5.75 Å². The summed E-state index contributed by atoms with van der Waals surface area (Å²) in [4.78, 5) is 15.0. The van der Waals surface area contributed by atoms with Gasteiger partial charge in [-0.3, -0.25) is 9.48 Å². The summed E-state index contributed by atoms with van der Waals surface area (Å²) in [5, 5.41) is 5.54. The number of benzene rings is 2. The number of methoxy groups -OCH3 is 1. The maximum atomic E-state index is 13.1. The van der Waals surface area contributed by atoms with Crippen LogP contribution in [-0.2, 0) is 16.0 Å².